The van der Waals surface area contributed by atoms with Crippen LogP contribution >= 0.6 is 43.5 Å². The second kappa shape index (κ2) is 6.42. The van der Waals surface area contributed by atoms with Crippen LogP contribution in [0.4, 0.5) is 0 Å². The van der Waals surface area contributed by atoms with Crippen LogP contribution in [0.5, 0.6) is 0 Å². The highest BCUT2D eigenvalue weighted by molar-refractivity contribution is 9.09. The van der Waals surface area contributed by atoms with Gasteiger partial charge in [0.2, 0.25) is 0 Å². The summed E-state index contributed by atoms with van der Waals surface area (Å²) < 4.78 is 0. The van der Waals surface area contributed by atoms with Gasteiger partial charge in [0, 0.05) is 15.7 Å². The third kappa shape index (κ3) is 3.48. The normalized spacial score (nSPS) is 12.1. The molecule has 1 rings (SSSR count). The second-order valence-electron chi connectivity index (χ2n) is 4.59. The van der Waals surface area contributed by atoms with Crippen molar-refractivity contribution in [3.63, 3.8) is 0 Å². The van der Waals surface area contributed by atoms with E-state index in [1.54, 1.807) is 0 Å². The number of halogens is 3. The third-order valence-electron chi connectivity index (χ3n) is 3.20. The molecule has 0 amide bonds. The van der Waals surface area contributed by atoms with E-state index in [-0.39, 0.29) is 5.41 Å². The Morgan fingerprint density at radius 2 is 1.88 bits per heavy atom. The van der Waals surface area contributed by atoms with E-state index in [9.17, 15) is 0 Å². The summed E-state index contributed by atoms with van der Waals surface area (Å²) in [5.74, 6) is 0.616. The maximum absolute atomic E-state index is 6.02. The first kappa shape index (κ1) is 14.5. The number of rotatable bonds is 5. The molecule has 1 aromatic carbocycles. The van der Waals surface area contributed by atoms with Gasteiger partial charge in [-0.05, 0) is 35.4 Å². The van der Waals surface area contributed by atoms with Gasteiger partial charge in [0.25, 0.3) is 0 Å². The highest BCUT2D eigenvalue weighted by atomic mass is 79.9. The van der Waals surface area contributed by atoms with Crippen LogP contribution in [0.2, 0.25) is 5.02 Å². The Balaban J connectivity index is 2.91. The van der Waals surface area contributed by atoms with Crippen molar-refractivity contribution >= 4 is 43.5 Å². The lowest BCUT2D eigenvalue weighted by atomic mass is 9.76. The van der Waals surface area contributed by atoms with E-state index >= 15 is 0 Å². The zero-order valence-corrected chi connectivity index (χ0v) is 13.6. The molecule has 0 spiro atoms. The molecule has 0 radical (unpaired) electrons. The molecule has 3 heteroatoms. The van der Waals surface area contributed by atoms with Crippen molar-refractivity contribution < 1.29 is 0 Å². The van der Waals surface area contributed by atoms with Crippen LogP contribution in [-0.2, 0) is 6.42 Å². The number of alkyl halides is 2. The van der Waals surface area contributed by atoms with Crippen molar-refractivity contribution in [1.29, 1.82) is 0 Å². The van der Waals surface area contributed by atoms with E-state index in [4.69, 9.17) is 11.6 Å². The monoisotopic (exact) mass is 366 g/mol. The lowest BCUT2D eigenvalue weighted by Gasteiger charge is -2.34. The van der Waals surface area contributed by atoms with Gasteiger partial charge in [-0.25, -0.2) is 0 Å². The van der Waals surface area contributed by atoms with Crippen LogP contribution in [0.25, 0.3) is 0 Å². The minimum atomic E-state index is 0.255. The largest absolute Gasteiger partial charge is 0.0921 e. The van der Waals surface area contributed by atoms with E-state index in [1.807, 2.05) is 12.1 Å². The van der Waals surface area contributed by atoms with E-state index in [0.717, 1.165) is 22.1 Å². The zero-order chi connectivity index (χ0) is 12.2. The SMILES string of the molecule is CC(C)C(CBr)(CBr)Cc1cccc(Cl)c1. The fraction of sp³-hybridized carbons (Fsp3) is 0.538. The van der Waals surface area contributed by atoms with Gasteiger partial charge >= 0.3 is 0 Å². The fourth-order valence-electron chi connectivity index (χ4n) is 1.70. The standard InChI is InChI=1S/C13H17Br2Cl/c1-10(2)13(8-14,9-15)7-11-4-3-5-12(16)6-11/h3-6,10H,7-9H2,1-2H3. The van der Waals surface area contributed by atoms with Crippen molar-refractivity contribution in [3.05, 3.63) is 34.9 Å². The van der Waals surface area contributed by atoms with E-state index in [2.05, 4.69) is 57.8 Å². The molecule has 16 heavy (non-hydrogen) atoms. The molecule has 0 saturated carbocycles. The van der Waals surface area contributed by atoms with Crippen molar-refractivity contribution in [2.45, 2.75) is 20.3 Å². The van der Waals surface area contributed by atoms with Gasteiger partial charge in [0.15, 0.2) is 0 Å². The fourth-order valence-corrected chi connectivity index (χ4v) is 4.53. The van der Waals surface area contributed by atoms with Crippen LogP contribution in [0, 0.1) is 11.3 Å². The maximum atomic E-state index is 6.02. The van der Waals surface area contributed by atoms with E-state index in [0.29, 0.717) is 5.92 Å². The maximum Gasteiger partial charge on any atom is 0.0408 e. The topological polar surface area (TPSA) is 0 Å². The van der Waals surface area contributed by atoms with Crippen molar-refractivity contribution in [2.24, 2.45) is 11.3 Å². The van der Waals surface area contributed by atoms with Gasteiger partial charge in [0.1, 0.15) is 0 Å². The molecule has 1 aromatic rings. The number of hydrogen-bond acceptors (Lipinski definition) is 0. The predicted octanol–water partition coefficient (Wildman–Crippen LogP) is 5.31. The number of hydrogen-bond donors (Lipinski definition) is 0. The molecule has 0 bridgehead atoms. The molecule has 0 aliphatic rings. The number of benzene rings is 1. The lowest BCUT2D eigenvalue weighted by Crippen LogP contribution is -2.33. The molecular formula is C13H17Br2Cl. The van der Waals surface area contributed by atoms with Crippen LogP contribution in [0.15, 0.2) is 24.3 Å². The van der Waals surface area contributed by atoms with Gasteiger partial charge in [-0.15, -0.1) is 0 Å². The summed E-state index contributed by atoms with van der Waals surface area (Å²) in [5, 5.41) is 2.81. The quantitative estimate of drug-likeness (QED) is 0.618. The Labute approximate surface area is 120 Å². The first-order chi connectivity index (χ1) is 7.54. The van der Waals surface area contributed by atoms with Gasteiger partial charge in [-0.2, -0.15) is 0 Å². The molecule has 0 saturated heterocycles. The van der Waals surface area contributed by atoms with Crippen LogP contribution in [0.3, 0.4) is 0 Å². The van der Waals surface area contributed by atoms with E-state index in [1.165, 1.54) is 5.56 Å². The molecule has 0 atom stereocenters. The Hall–Kier alpha value is 0.470. The molecule has 0 aliphatic carbocycles. The summed E-state index contributed by atoms with van der Waals surface area (Å²) in [6, 6.07) is 8.15. The Kier molecular flexibility index (Phi) is 5.83. The second-order valence-corrected chi connectivity index (χ2v) is 6.15. The molecular weight excluding hydrogens is 351 g/mol. The lowest BCUT2D eigenvalue weighted by molar-refractivity contribution is 0.268. The summed E-state index contributed by atoms with van der Waals surface area (Å²) in [6.45, 7) is 4.54. The summed E-state index contributed by atoms with van der Waals surface area (Å²) >= 11 is 13.3. The summed E-state index contributed by atoms with van der Waals surface area (Å²) in [7, 11) is 0. The molecule has 0 N–H and O–H groups in total. The van der Waals surface area contributed by atoms with Crippen LogP contribution < -0.4 is 0 Å². The molecule has 0 aliphatic heterocycles. The van der Waals surface area contributed by atoms with Crippen molar-refractivity contribution in [2.75, 3.05) is 10.7 Å². The first-order valence-corrected chi connectivity index (χ1v) is 8.02. The zero-order valence-electron chi connectivity index (χ0n) is 9.64. The molecule has 0 nitrogen and oxygen atoms in total. The van der Waals surface area contributed by atoms with Crippen LogP contribution in [0.1, 0.15) is 19.4 Å². The van der Waals surface area contributed by atoms with Gasteiger partial charge in [0.05, 0.1) is 0 Å². The van der Waals surface area contributed by atoms with Gasteiger partial charge in [-0.3, -0.25) is 0 Å². The van der Waals surface area contributed by atoms with Crippen LogP contribution in [-0.4, -0.2) is 10.7 Å². The minimum Gasteiger partial charge on any atom is -0.0921 e. The predicted molar refractivity (Wildman–Crippen MR) is 80.0 cm³/mol. The van der Waals surface area contributed by atoms with E-state index < -0.39 is 0 Å². The minimum absolute atomic E-state index is 0.255. The van der Waals surface area contributed by atoms with Gasteiger partial charge in [-0.1, -0.05) is 69.4 Å². The third-order valence-corrected chi connectivity index (χ3v) is 5.67. The summed E-state index contributed by atoms with van der Waals surface area (Å²) in [6.07, 6.45) is 1.04. The average Bonchev–Trinajstić information content (AvgIpc) is 2.25. The summed E-state index contributed by atoms with van der Waals surface area (Å²) in [4.78, 5) is 0. The Bertz CT molecular complexity index is 332. The highest BCUT2D eigenvalue weighted by Gasteiger charge is 2.31. The molecule has 0 fully saturated rings. The smallest absolute Gasteiger partial charge is 0.0408 e. The molecule has 0 aromatic heterocycles. The molecule has 90 valence electrons. The molecule has 0 heterocycles. The summed E-state index contributed by atoms with van der Waals surface area (Å²) in [5.41, 5.74) is 1.56. The average molecular weight is 369 g/mol. The highest BCUT2D eigenvalue weighted by Crippen LogP contribution is 2.36. The molecule has 0 unspecified atom stereocenters. The van der Waals surface area contributed by atoms with Crippen molar-refractivity contribution in [1.82, 2.24) is 0 Å². The van der Waals surface area contributed by atoms with Gasteiger partial charge < -0.3 is 0 Å². The Morgan fingerprint density at radius 3 is 2.31 bits per heavy atom. The van der Waals surface area contributed by atoms with Crippen molar-refractivity contribution in [3.8, 4) is 0 Å². The Morgan fingerprint density at radius 1 is 1.25 bits per heavy atom. The first-order valence-electron chi connectivity index (χ1n) is 5.40.